The number of nitrogens with one attached hydrogen (secondary N) is 1. The van der Waals surface area contributed by atoms with E-state index in [2.05, 4.69) is 11.1 Å². The van der Waals surface area contributed by atoms with Gasteiger partial charge in [-0.2, -0.15) is 0 Å². The number of aliphatic hydroxyl groups is 2. The van der Waals surface area contributed by atoms with Crippen LogP contribution in [0.2, 0.25) is 0 Å². The number of hydrogen-bond donors (Lipinski definition) is 3. The first kappa shape index (κ1) is 23.0. The van der Waals surface area contributed by atoms with E-state index in [9.17, 15) is 19.8 Å². The Kier molecular flexibility index (Phi) is 6.18. The van der Waals surface area contributed by atoms with E-state index in [0.29, 0.717) is 5.88 Å². The lowest BCUT2D eigenvalue weighted by Gasteiger charge is -2.33. The average Bonchev–Trinajstić information content (AvgIpc) is 3.37. The summed E-state index contributed by atoms with van der Waals surface area (Å²) >= 11 is 5.93. The van der Waals surface area contributed by atoms with E-state index in [4.69, 9.17) is 21.1 Å². The first-order chi connectivity index (χ1) is 16.5. The third-order valence-corrected chi connectivity index (χ3v) is 6.87. The fourth-order valence-corrected chi connectivity index (χ4v) is 5.26. The number of fused-ring (bicyclic) bond motifs is 2. The van der Waals surface area contributed by atoms with Gasteiger partial charge in [-0.1, -0.05) is 42.5 Å². The smallest absolute Gasteiger partial charge is 0.330 e. The number of benzene rings is 2. The van der Waals surface area contributed by atoms with Gasteiger partial charge in [0, 0.05) is 23.7 Å². The van der Waals surface area contributed by atoms with Crippen molar-refractivity contribution in [2.75, 3.05) is 12.5 Å². The molecule has 0 amide bonds. The topological polar surface area (TPSA) is 114 Å². The summed E-state index contributed by atoms with van der Waals surface area (Å²) in [5.74, 6) is 0.549. The molecule has 2 aliphatic heterocycles. The van der Waals surface area contributed by atoms with Crippen molar-refractivity contribution in [2.45, 2.75) is 43.5 Å². The molecule has 1 spiro atoms. The minimum atomic E-state index is -1.40. The van der Waals surface area contributed by atoms with Gasteiger partial charge in [0.05, 0.1) is 13.2 Å². The van der Waals surface area contributed by atoms with Crippen LogP contribution in [0.5, 0.6) is 0 Å². The Morgan fingerprint density at radius 3 is 2.68 bits per heavy atom. The molecule has 1 fully saturated rings. The molecule has 3 N–H and O–H groups in total. The van der Waals surface area contributed by atoms with Crippen molar-refractivity contribution in [3.8, 4) is 11.1 Å². The molecule has 178 valence electrons. The lowest BCUT2D eigenvalue weighted by Crippen LogP contribution is -2.47. The lowest BCUT2D eigenvalue weighted by atomic mass is 9.78. The molecule has 9 heteroatoms. The zero-order chi connectivity index (χ0) is 23.9. The molecule has 0 unspecified atom stereocenters. The van der Waals surface area contributed by atoms with Gasteiger partial charge in [-0.25, -0.2) is 4.79 Å². The monoisotopic (exact) mass is 484 g/mol. The van der Waals surface area contributed by atoms with Gasteiger partial charge in [-0.05, 0) is 35.1 Å². The van der Waals surface area contributed by atoms with Crippen molar-refractivity contribution >= 4 is 11.6 Å². The van der Waals surface area contributed by atoms with Gasteiger partial charge in [0.1, 0.15) is 12.2 Å². The second-order valence-electron chi connectivity index (χ2n) is 8.58. The van der Waals surface area contributed by atoms with Crippen molar-refractivity contribution in [1.82, 2.24) is 9.55 Å². The Labute approximate surface area is 200 Å². The molecule has 2 aromatic carbocycles. The molecule has 3 heterocycles. The fraction of sp³-hybridized carbons (Fsp3) is 0.360. The number of hydrogen-bond acceptors (Lipinski definition) is 6. The molecular formula is C25H25ClN2O6. The molecule has 2 aliphatic rings. The van der Waals surface area contributed by atoms with E-state index < -0.39 is 41.9 Å². The average molecular weight is 485 g/mol. The summed E-state index contributed by atoms with van der Waals surface area (Å²) in [6, 6.07) is 15.0. The lowest BCUT2D eigenvalue weighted by molar-refractivity contribution is -0.134. The van der Waals surface area contributed by atoms with Crippen LogP contribution < -0.4 is 11.2 Å². The molecule has 0 radical (unpaired) electrons. The Balaban J connectivity index is 1.68. The summed E-state index contributed by atoms with van der Waals surface area (Å²) in [5, 5.41) is 21.9. The van der Waals surface area contributed by atoms with Crippen molar-refractivity contribution < 1.29 is 19.7 Å². The molecule has 1 aromatic heterocycles. The SMILES string of the molecule is O=c1ccn([C@@H]2O[C@H](CO)[C@@]3(OCc4cc(CCCCl)cc(-c5ccccc5)c43)[C@H]2O)c(=O)[nH]1. The summed E-state index contributed by atoms with van der Waals surface area (Å²) in [6.45, 7) is -0.221. The highest BCUT2D eigenvalue weighted by Gasteiger charge is 2.62. The summed E-state index contributed by atoms with van der Waals surface area (Å²) in [6.07, 6.45) is -0.544. The van der Waals surface area contributed by atoms with Gasteiger partial charge in [-0.15, -0.1) is 11.6 Å². The molecular weight excluding hydrogens is 460 g/mol. The number of aliphatic hydroxyl groups excluding tert-OH is 2. The van der Waals surface area contributed by atoms with Gasteiger partial charge in [0.2, 0.25) is 0 Å². The molecule has 5 rings (SSSR count). The third-order valence-electron chi connectivity index (χ3n) is 6.60. The number of nitrogens with zero attached hydrogens (tertiary/aromatic N) is 1. The van der Waals surface area contributed by atoms with E-state index in [1.807, 2.05) is 36.4 Å². The Bertz CT molecular complexity index is 1310. The van der Waals surface area contributed by atoms with Crippen LogP contribution in [0.3, 0.4) is 0 Å². The summed E-state index contributed by atoms with van der Waals surface area (Å²) in [4.78, 5) is 26.2. The number of aromatic nitrogens is 2. The highest BCUT2D eigenvalue weighted by atomic mass is 35.5. The zero-order valence-electron chi connectivity index (χ0n) is 18.3. The Morgan fingerprint density at radius 1 is 1.18 bits per heavy atom. The van der Waals surface area contributed by atoms with Crippen molar-refractivity contribution in [1.29, 1.82) is 0 Å². The number of ether oxygens (including phenoxy) is 2. The number of aryl methyl sites for hydroxylation is 1. The molecule has 0 bridgehead atoms. The van der Waals surface area contributed by atoms with E-state index >= 15 is 0 Å². The van der Waals surface area contributed by atoms with Crippen LogP contribution in [0.25, 0.3) is 11.1 Å². The van der Waals surface area contributed by atoms with E-state index in [1.54, 1.807) is 0 Å². The maximum Gasteiger partial charge on any atom is 0.330 e. The molecule has 0 aliphatic carbocycles. The summed E-state index contributed by atoms with van der Waals surface area (Å²) in [7, 11) is 0. The minimum absolute atomic E-state index is 0.216. The van der Waals surface area contributed by atoms with Crippen LogP contribution in [0, 0.1) is 0 Å². The predicted octanol–water partition coefficient (Wildman–Crippen LogP) is 2.05. The molecule has 0 saturated carbocycles. The standard InChI is InChI=1S/C25H25ClN2O6/c26-9-4-5-15-11-17-14-33-25(21(17)18(12-15)16-6-2-1-3-7-16)19(13-29)34-23(22(25)31)28-10-8-20(30)27-24(28)32/h1-3,6-8,10-12,19,22-23,29,31H,4-5,9,13-14H2,(H,27,30,32)/t19-,22+,23-,25+/m1/s1. The molecule has 3 aromatic rings. The molecule has 4 atom stereocenters. The van der Waals surface area contributed by atoms with Gasteiger partial charge in [0.25, 0.3) is 5.56 Å². The quantitative estimate of drug-likeness (QED) is 0.461. The van der Waals surface area contributed by atoms with Crippen LogP contribution in [0.4, 0.5) is 0 Å². The van der Waals surface area contributed by atoms with Crippen LogP contribution in [0.15, 0.2) is 64.3 Å². The zero-order valence-corrected chi connectivity index (χ0v) is 19.1. The number of halogens is 1. The highest BCUT2D eigenvalue weighted by Crippen LogP contribution is 2.54. The molecule has 8 nitrogen and oxygen atoms in total. The van der Waals surface area contributed by atoms with Gasteiger partial charge < -0.3 is 19.7 Å². The number of H-pyrrole nitrogens is 1. The highest BCUT2D eigenvalue weighted by molar-refractivity contribution is 6.17. The van der Waals surface area contributed by atoms with Gasteiger partial charge in [-0.3, -0.25) is 14.3 Å². The second kappa shape index (κ2) is 9.13. The first-order valence-electron chi connectivity index (χ1n) is 11.2. The second-order valence-corrected chi connectivity index (χ2v) is 8.96. The number of aromatic amines is 1. The Hall–Kier alpha value is -2.75. The van der Waals surface area contributed by atoms with Crippen molar-refractivity contribution in [3.63, 3.8) is 0 Å². The first-order valence-corrected chi connectivity index (χ1v) is 11.7. The maximum absolute atomic E-state index is 12.5. The van der Waals surface area contributed by atoms with E-state index in [0.717, 1.165) is 45.2 Å². The van der Waals surface area contributed by atoms with Crippen molar-refractivity contribution in [3.05, 3.63) is 92.3 Å². The van der Waals surface area contributed by atoms with Crippen molar-refractivity contribution in [2.24, 2.45) is 0 Å². The van der Waals surface area contributed by atoms with Gasteiger partial charge in [0.15, 0.2) is 11.8 Å². The maximum atomic E-state index is 12.5. The predicted molar refractivity (Wildman–Crippen MR) is 126 cm³/mol. The summed E-state index contributed by atoms with van der Waals surface area (Å²) < 4.78 is 13.4. The van der Waals surface area contributed by atoms with E-state index in [1.165, 1.54) is 12.3 Å². The molecule has 1 saturated heterocycles. The Morgan fingerprint density at radius 2 is 1.97 bits per heavy atom. The number of alkyl halides is 1. The largest absolute Gasteiger partial charge is 0.394 e. The van der Waals surface area contributed by atoms with Crippen LogP contribution >= 0.6 is 11.6 Å². The van der Waals surface area contributed by atoms with Crippen LogP contribution in [0.1, 0.15) is 29.3 Å². The van der Waals surface area contributed by atoms with Gasteiger partial charge >= 0.3 is 5.69 Å². The summed E-state index contributed by atoms with van der Waals surface area (Å²) in [5.41, 5.74) is 1.85. The normalized spacial score (nSPS) is 25.7. The molecule has 34 heavy (non-hydrogen) atoms. The van der Waals surface area contributed by atoms with Crippen LogP contribution in [-0.4, -0.2) is 44.5 Å². The van der Waals surface area contributed by atoms with E-state index in [-0.39, 0.29) is 6.61 Å². The third kappa shape index (κ3) is 3.62. The fourth-order valence-electron chi connectivity index (χ4n) is 5.13. The van der Waals surface area contributed by atoms with Crippen LogP contribution in [-0.2, 0) is 28.1 Å². The minimum Gasteiger partial charge on any atom is -0.394 e. The number of rotatable bonds is 6.